The van der Waals surface area contributed by atoms with E-state index in [9.17, 15) is 13.2 Å². The first-order valence-electron chi connectivity index (χ1n) is 8.28. The van der Waals surface area contributed by atoms with Crippen LogP contribution in [0.15, 0.2) is 4.99 Å². The van der Waals surface area contributed by atoms with Crippen LogP contribution in [-0.2, 0) is 14.8 Å². The number of amides is 1. The molecule has 0 aliphatic heterocycles. The largest absolute Gasteiger partial charge is 0.357 e. The van der Waals surface area contributed by atoms with Crippen molar-refractivity contribution in [2.45, 2.75) is 46.6 Å². The van der Waals surface area contributed by atoms with Crippen molar-refractivity contribution in [2.75, 3.05) is 39.0 Å². The molecular formula is C15H33N5O3S. The van der Waals surface area contributed by atoms with Gasteiger partial charge in [-0.1, -0.05) is 6.92 Å². The van der Waals surface area contributed by atoms with Gasteiger partial charge in [-0.3, -0.25) is 4.79 Å². The molecule has 9 heteroatoms. The first kappa shape index (κ1) is 22.6. The molecule has 0 saturated heterocycles. The van der Waals surface area contributed by atoms with Crippen molar-refractivity contribution < 1.29 is 13.2 Å². The van der Waals surface area contributed by atoms with E-state index in [1.165, 1.54) is 10.6 Å². The molecule has 142 valence electrons. The summed E-state index contributed by atoms with van der Waals surface area (Å²) in [4.78, 5) is 16.0. The van der Waals surface area contributed by atoms with Gasteiger partial charge in [-0.15, -0.1) is 0 Å². The first-order valence-corrected chi connectivity index (χ1v) is 10.1. The summed E-state index contributed by atoms with van der Waals surface area (Å²) in [6.07, 6.45) is 1.86. The number of rotatable bonds is 9. The van der Waals surface area contributed by atoms with Crippen molar-refractivity contribution in [3.63, 3.8) is 0 Å². The van der Waals surface area contributed by atoms with Crippen LogP contribution < -0.4 is 16.0 Å². The van der Waals surface area contributed by atoms with Crippen LogP contribution in [0.2, 0.25) is 0 Å². The maximum absolute atomic E-state index is 11.8. The van der Waals surface area contributed by atoms with E-state index in [2.05, 4.69) is 20.9 Å². The number of sulfonamides is 1. The Labute approximate surface area is 146 Å². The molecule has 24 heavy (non-hydrogen) atoms. The van der Waals surface area contributed by atoms with Gasteiger partial charge < -0.3 is 16.0 Å². The predicted octanol–water partition coefficient (Wildman–Crippen LogP) is 0.128. The SMILES string of the molecule is CCNC(=NCC(=O)NC(C)(C)C)NCCCN(CC)S(C)(=O)=O. The second-order valence-electron chi connectivity index (χ2n) is 6.53. The molecule has 0 aliphatic rings. The van der Waals surface area contributed by atoms with Crippen molar-refractivity contribution in [2.24, 2.45) is 4.99 Å². The van der Waals surface area contributed by atoms with E-state index < -0.39 is 10.0 Å². The fourth-order valence-corrected chi connectivity index (χ4v) is 2.90. The Morgan fingerprint density at radius 2 is 1.79 bits per heavy atom. The molecule has 0 fully saturated rings. The number of aliphatic imine (C=N–C) groups is 1. The normalized spacial score (nSPS) is 13.0. The average Bonchev–Trinajstić information content (AvgIpc) is 2.41. The lowest BCUT2D eigenvalue weighted by molar-refractivity contribution is -0.121. The van der Waals surface area contributed by atoms with Gasteiger partial charge in [-0.25, -0.2) is 17.7 Å². The van der Waals surface area contributed by atoms with Crippen molar-refractivity contribution in [1.29, 1.82) is 0 Å². The van der Waals surface area contributed by atoms with Gasteiger partial charge >= 0.3 is 0 Å². The molecule has 3 N–H and O–H groups in total. The van der Waals surface area contributed by atoms with Crippen LogP contribution in [0.4, 0.5) is 0 Å². The molecule has 0 saturated carbocycles. The highest BCUT2D eigenvalue weighted by Gasteiger charge is 2.14. The van der Waals surface area contributed by atoms with Gasteiger partial charge in [0.25, 0.3) is 0 Å². The van der Waals surface area contributed by atoms with Gasteiger partial charge in [0.1, 0.15) is 6.54 Å². The number of nitrogens with zero attached hydrogens (tertiary/aromatic N) is 2. The minimum atomic E-state index is -3.16. The zero-order valence-electron chi connectivity index (χ0n) is 15.8. The number of nitrogens with one attached hydrogen (secondary N) is 3. The number of hydrogen-bond donors (Lipinski definition) is 3. The fraction of sp³-hybridized carbons (Fsp3) is 0.867. The Morgan fingerprint density at radius 1 is 1.17 bits per heavy atom. The van der Waals surface area contributed by atoms with Crippen LogP contribution in [0.1, 0.15) is 41.0 Å². The van der Waals surface area contributed by atoms with Crippen LogP contribution >= 0.6 is 0 Å². The highest BCUT2D eigenvalue weighted by molar-refractivity contribution is 7.88. The van der Waals surface area contributed by atoms with Gasteiger partial charge in [0.15, 0.2) is 5.96 Å². The van der Waals surface area contributed by atoms with Crippen LogP contribution in [0.25, 0.3) is 0 Å². The molecular weight excluding hydrogens is 330 g/mol. The Bertz CT molecular complexity index is 512. The zero-order chi connectivity index (χ0) is 18.8. The highest BCUT2D eigenvalue weighted by Crippen LogP contribution is 1.99. The molecule has 1 amide bonds. The van der Waals surface area contributed by atoms with E-state index in [0.717, 1.165) is 0 Å². The van der Waals surface area contributed by atoms with E-state index in [1.54, 1.807) is 0 Å². The van der Waals surface area contributed by atoms with Crippen molar-refractivity contribution >= 4 is 21.9 Å². The molecule has 0 aliphatic carbocycles. The fourth-order valence-electron chi connectivity index (χ4n) is 1.97. The Hall–Kier alpha value is -1.35. The van der Waals surface area contributed by atoms with Crippen LogP contribution in [-0.4, -0.2) is 69.1 Å². The van der Waals surface area contributed by atoms with E-state index in [4.69, 9.17) is 0 Å². The quantitative estimate of drug-likeness (QED) is 0.307. The Balaban J connectivity index is 4.39. The summed E-state index contributed by atoms with van der Waals surface area (Å²) in [6.45, 7) is 11.7. The molecule has 0 spiro atoms. The first-order chi connectivity index (χ1) is 11.0. The second kappa shape index (κ2) is 10.5. The molecule has 0 aromatic heterocycles. The molecule has 8 nitrogen and oxygen atoms in total. The van der Waals surface area contributed by atoms with Crippen LogP contribution in [0, 0.1) is 0 Å². The topological polar surface area (TPSA) is 103 Å². The minimum Gasteiger partial charge on any atom is -0.357 e. The second-order valence-corrected chi connectivity index (χ2v) is 8.51. The lowest BCUT2D eigenvalue weighted by Gasteiger charge is -2.20. The molecule has 0 heterocycles. The van der Waals surface area contributed by atoms with E-state index in [0.29, 0.717) is 38.6 Å². The maximum Gasteiger partial charge on any atom is 0.242 e. The minimum absolute atomic E-state index is 0.0387. The third-order valence-electron chi connectivity index (χ3n) is 2.94. The molecule has 0 aromatic carbocycles. The lowest BCUT2D eigenvalue weighted by atomic mass is 10.1. The number of hydrogen-bond acceptors (Lipinski definition) is 4. The predicted molar refractivity (Wildman–Crippen MR) is 98.6 cm³/mol. The number of carbonyl (C=O) groups is 1. The van der Waals surface area contributed by atoms with Crippen molar-refractivity contribution in [3.05, 3.63) is 0 Å². The van der Waals surface area contributed by atoms with E-state index >= 15 is 0 Å². The van der Waals surface area contributed by atoms with Crippen molar-refractivity contribution in [1.82, 2.24) is 20.3 Å². The monoisotopic (exact) mass is 363 g/mol. The molecule has 0 unspecified atom stereocenters. The molecule has 0 atom stereocenters. The van der Waals surface area contributed by atoms with Gasteiger partial charge in [0, 0.05) is 31.7 Å². The molecule has 0 rings (SSSR count). The van der Waals surface area contributed by atoms with Crippen molar-refractivity contribution in [3.8, 4) is 0 Å². The third-order valence-corrected chi connectivity index (χ3v) is 4.32. The van der Waals surface area contributed by atoms with E-state index in [1.807, 2.05) is 34.6 Å². The molecule has 0 aromatic rings. The van der Waals surface area contributed by atoms with Gasteiger partial charge in [0.05, 0.1) is 6.26 Å². The Kier molecular flexibility index (Phi) is 9.91. The maximum atomic E-state index is 11.8. The van der Waals surface area contributed by atoms with Gasteiger partial charge in [-0.2, -0.15) is 0 Å². The summed E-state index contributed by atoms with van der Waals surface area (Å²) in [6, 6.07) is 0. The summed E-state index contributed by atoms with van der Waals surface area (Å²) in [7, 11) is -3.16. The summed E-state index contributed by atoms with van der Waals surface area (Å²) in [5, 5.41) is 9.02. The summed E-state index contributed by atoms with van der Waals surface area (Å²) in [5.41, 5.74) is -0.284. The third kappa shape index (κ3) is 11.2. The van der Waals surface area contributed by atoms with Crippen LogP contribution in [0.3, 0.4) is 0 Å². The average molecular weight is 364 g/mol. The lowest BCUT2D eigenvalue weighted by Crippen LogP contribution is -2.43. The molecule has 0 radical (unpaired) electrons. The highest BCUT2D eigenvalue weighted by atomic mass is 32.2. The number of guanidine groups is 1. The van der Waals surface area contributed by atoms with Gasteiger partial charge in [-0.05, 0) is 34.1 Å². The van der Waals surface area contributed by atoms with Gasteiger partial charge in [0.2, 0.25) is 15.9 Å². The van der Waals surface area contributed by atoms with E-state index in [-0.39, 0.29) is 18.0 Å². The Morgan fingerprint density at radius 3 is 2.25 bits per heavy atom. The standard InChI is InChI=1S/C15H33N5O3S/c1-7-16-14(18-12-13(21)19-15(3,4)5)17-10-9-11-20(8-2)24(6,22)23/h7-12H2,1-6H3,(H,19,21)(H2,16,17,18). The molecule has 0 bridgehead atoms. The summed E-state index contributed by atoms with van der Waals surface area (Å²) < 4.78 is 24.4. The smallest absolute Gasteiger partial charge is 0.242 e. The zero-order valence-corrected chi connectivity index (χ0v) is 16.6. The van der Waals surface area contributed by atoms with Crippen LogP contribution in [0.5, 0.6) is 0 Å². The number of carbonyl (C=O) groups excluding carboxylic acids is 1. The summed E-state index contributed by atoms with van der Waals surface area (Å²) >= 11 is 0. The summed E-state index contributed by atoms with van der Waals surface area (Å²) in [5.74, 6) is 0.401.